The van der Waals surface area contributed by atoms with E-state index in [0.717, 1.165) is 44.8 Å². The Labute approximate surface area is 97.2 Å². The van der Waals surface area contributed by atoms with Crippen molar-refractivity contribution in [3.8, 4) is 5.75 Å². The number of fused-ring (bicyclic) bond motifs is 1. The highest BCUT2D eigenvalue weighted by Crippen LogP contribution is 2.32. The summed E-state index contributed by atoms with van der Waals surface area (Å²) in [5, 5.41) is 0. The number of hydrogen-bond acceptors (Lipinski definition) is 3. The monoisotopic (exact) mass is 220 g/mol. The summed E-state index contributed by atoms with van der Waals surface area (Å²) in [5.41, 5.74) is 8.13. The third-order valence-corrected chi connectivity index (χ3v) is 3.03. The first-order valence-corrected chi connectivity index (χ1v) is 6.06. The van der Waals surface area contributed by atoms with Gasteiger partial charge in [0.15, 0.2) is 0 Å². The van der Waals surface area contributed by atoms with Gasteiger partial charge in [-0.1, -0.05) is 6.07 Å². The molecule has 0 fully saturated rings. The normalized spacial score (nSPS) is 14.5. The van der Waals surface area contributed by atoms with Crippen molar-refractivity contribution in [2.24, 2.45) is 5.73 Å². The van der Waals surface area contributed by atoms with E-state index in [0.29, 0.717) is 0 Å². The van der Waals surface area contributed by atoms with Crippen molar-refractivity contribution < 1.29 is 4.74 Å². The molecule has 2 rings (SSSR count). The number of rotatable bonds is 4. The van der Waals surface area contributed by atoms with E-state index in [9.17, 15) is 0 Å². The molecule has 16 heavy (non-hydrogen) atoms. The van der Waals surface area contributed by atoms with Crippen LogP contribution in [0.4, 0.5) is 5.69 Å². The van der Waals surface area contributed by atoms with Crippen LogP contribution in [0.2, 0.25) is 0 Å². The van der Waals surface area contributed by atoms with E-state index in [1.54, 1.807) is 0 Å². The number of aryl methyl sites for hydroxylation is 1. The van der Waals surface area contributed by atoms with Crippen LogP contribution in [-0.4, -0.2) is 26.2 Å². The second-order valence-corrected chi connectivity index (χ2v) is 4.12. The zero-order valence-corrected chi connectivity index (χ0v) is 9.91. The van der Waals surface area contributed by atoms with E-state index in [2.05, 4.69) is 30.0 Å². The molecule has 1 heterocycles. The Hall–Kier alpha value is -1.22. The maximum absolute atomic E-state index is 5.65. The van der Waals surface area contributed by atoms with Gasteiger partial charge in [-0.05, 0) is 44.0 Å². The van der Waals surface area contributed by atoms with Gasteiger partial charge < -0.3 is 15.4 Å². The minimum atomic E-state index is 0.755. The first kappa shape index (κ1) is 11.3. The number of hydrogen-bond donors (Lipinski definition) is 1. The first-order valence-electron chi connectivity index (χ1n) is 6.06. The second kappa shape index (κ2) is 5.21. The second-order valence-electron chi connectivity index (χ2n) is 4.12. The average molecular weight is 220 g/mol. The molecule has 0 amide bonds. The van der Waals surface area contributed by atoms with Gasteiger partial charge in [0.2, 0.25) is 0 Å². The largest absolute Gasteiger partial charge is 0.490 e. The molecule has 1 aliphatic rings. The highest BCUT2D eigenvalue weighted by molar-refractivity contribution is 5.61. The Morgan fingerprint density at radius 2 is 2.31 bits per heavy atom. The fourth-order valence-corrected chi connectivity index (χ4v) is 2.11. The summed E-state index contributed by atoms with van der Waals surface area (Å²) in [6.45, 7) is 5.76. The van der Waals surface area contributed by atoms with Crippen molar-refractivity contribution in [1.29, 1.82) is 0 Å². The van der Waals surface area contributed by atoms with Crippen molar-refractivity contribution in [3.63, 3.8) is 0 Å². The lowest BCUT2D eigenvalue weighted by Gasteiger charge is -2.30. The molecular weight excluding hydrogens is 200 g/mol. The Balaban J connectivity index is 2.20. The summed E-state index contributed by atoms with van der Waals surface area (Å²) in [5.74, 6) is 1.02. The van der Waals surface area contributed by atoms with E-state index in [1.807, 2.05) is 0 Å². The highest BCUT2D eigenvalue weighted by atomic mass is 16.5. The van der Waals surface area contributed by atoms with Gasteiger partial charge in [0.25, 0.3) is 0 Å². The smallest absolute Gasteiger partial charge is 0.142 e. The predicted octanol–water partition coefficient (Wildman–Crippen LogP) is 1.80. The topological polar surface area (TPSA) is 38.5 Å². The maximum Gasteiger partial charge on any atom is 0.142 e. The molecule has 3 heteroatoms. The summed E-state index contributed by atoms with van der Waals surface area (Å²) in [7, 11) is 0. The van der Waals surface area contributed by atoms with E-state index in [4.69, 9.17) is 10.5 Å². The van der Waals surface area contributed by atoms with Crippen LogP contribution in [0.5, 0.6) is 5.75 Å². The SMILES string of the molecule is CCN1CCOc2ccc(CCCN)cc21. The summed E-state index contributed by atoms with van der Waals surface area (Å²) in [6.07, 6.45) is 2.10. The molecule has 1 aromatic rings. The van der Waals surface area contributed by atoms with Crippen LogP contribution in [0.15, 0.2) is 18.2 Å². The zero-order chi connectivity index (χ0) is 11.4. The minimum absolute atomic E-state index is 0.755. The molecule has 1 aliphatic heterocycles. The van der Waals surface area contributed by atoms with Gasteiger partial charge >= 0.3 is 0 Å². The lowest BCUT2D eigenvalue weighted by Crippen LogP contribution is -2.32. The quantitative estimate of drug-likeness (QED) is 0.841. The fourth-order valence-electron chi connectivity index (χ4n) is 2.11. The maximum atomic E-state index is 5.65. The van der Waals surface area contributed by atoms with Crippen molar-refractivity contribution in [1.82, 2.24) is 0 Å². The van der Waals surface area contributed by atoms with Gasteiger partial charge in [0.1, 0.15) is 12.4 Å². The number of nitrogens with two attached hydrogens (primary N) is 1. The Morgan fingerprint density at radius 1 is 1.44 bits per heavy atom. The van der Waals surface area contributed by atoms with Gasteiger partial charge in [-0.15, -0.1) is 0 Å². The van der Waals surface area contributed by atoms with E-state index in [-0.39, 0.29) is 0 Å². The van der Waals surface area contributed by atoms with Gasteiger partial charge in [0.05, 0.1) is 12.2 Å². The van der Waals surface area contributed by atoms with Crippen LogP contribution in [-0.2, 0) is 6.42 Å². The standard InChI is InChI=1S/C13H20N2O/c1-2-15-8-9-16-13-6-5-11(4-3-7-14)10-12(13)15/h5-6,10H,2-4,7-9,14H2,1H3. The van der Waals surface area contributed by atoms with Gasteiger partial charge in [0, 0.05) is 6.54 Å². The predicted molar refractivity (Wildman–Crippen MR) is 67.2 cm³/mol. The molecule has 0 radical (unpaired) electrons. The summed E-state index contributed by atoms with van der Waals surface area (Å²) >= 11 is 0. The molecule has 0 unspecified atom stereocenters. The molecule has 0 aromatic heterocycles. The van der Waals surface area contributed by atoms with Crippen LogP contribution in [0.1, 0.15) is 18.9 Å². The minimum Gasteiger partial charge on any atom is -0.490 e. The van der Waals surface area contributed by atoms with E-state index < -0.39 is 0 Å². The number of nitrogens with zero attached hydrogens (tertiary/aromatic N) is 1. The average Bonchev–Trinajstić information content (AvgIpc) is 2.35. The molecule has 0 saturated carbocycles. The van der Waals surface area contributed by atoms with E-state index >= 15 is 0 Å². The zero-order valence-electron chi connectivity index (χ0n) is 9.91. The lowest BCUT2D eigenvalue weighted by atomic mass is 10.1. The summed E-state index contributed by atoms with van der Waals surface area (Å²) in [6, 6.07) is 6.48. The Bertz CT molecular complexity index is 352. The number of benzene rings is 1. The van der Waals surface area contributed by atoms with Crippen LogP contribution < -0.4 is 15.4 Å². The third kappa shape index (κ3) is 2.30. The van der Waals surface area contributed by atoms with Gasteiger partial charge in [-0.2, -0.15) is 0 Å². The molecule has 0 atom stereocenters. The third-order valence-electron chi connectivity index (χ3n) is 3.03. The molecule has 3 nitrogen and oxygen atoms in total. The van der Waals surface area contributed by atoms with Crippen molar-refractivity contribution in [2.45, 2.75) is 19.8 Å². The van der Waals surface area contributed by atoms with Crippen molar-refractivity contribution >= 4 is 5.69 Å². The summed E-state index contributed by atoms with van der Waals surface area (Å²) < 4.78 is 5.65. The molecule has 0 saturated heterocycles. The molecule has 0 bridgehead atoms. The van der Waals surface area contributed by atoms with Crippen LogP contribution in [0.25, 0.3) is 0 Å². The van der Waals surface area contributed by atoms with Gasteiger partial charge in [-0.3, -0.25) is 0 Å². The molecular formula is C13H20N2O. The first-order chi connectivity index (χ1) is 7.85. The lowest BCUT2D eigenvalue weighted by molar-refractivity contribution is 0.308. The summed E-state index contributed by atoms with van der Waals surface area (Å²) in [4.78, 5) is 2.37. The highest BCUT2D eigenvalue weighted by Gasteiger charge is 2.16. The molecule has 1 aromatic carbocycles. The molecule has 0 spiro atoms. The van der Waals surface area contributed by atoms with Gasteiger partial charge in [-0.25, -0.2) is 0 Å². The molecule has 0 aliphatic carbocycles. The Morgan fingerprint density at radius 3 is 3.06 bits per heavy atom. The van der Waals surface area contributed by atoms with Crippen LogP contribution >= 0.6 is 0 Å². The van der Waals surface area contributed by atoms with E-state index in [1.165, 1.54) is 11.3 Å². The number of ether oxygens (including phenoxy) is 1. The van der Waals surface area contributed by atoms with Crippen molar-refractivity contribution in [3.05, 3.63) is 23.8 Å². The number of likely N-dealkylation sites (N-methyl/N-ethyl adjacent to an activating group) is 1. The fraction of sp³-hybridized carbons (Fsp3) is 0.538. The number of anilines is 1. The molecule has 2 N–H and O–H groups in total. The Kier molecular flexibility index (Phi) is 3.67. The van der Waals surface area contributed by atoms with Crippen LogP contribution in [0.3, 0.4) is 0 Å². The van der Waals surface area contributed by atoms with Crippen molar-refractivity contribution in [2.75, 3.05) is 31.1 Å². The van der Waals surface area contributed by atoms with Crippen LogP contribution in [0, 0.1) is 0 Å². The molecule has 88 valence electrons.